The molecule has 0 aromatic heterocycles. The summed E-state index contributed by atoms with van der Waals surface area (Å²) in [6.45, 7) is 5.69. The SMILES string of the molecule is C/C=C/C(=O)OCC(=O)NC(=O)Nc1ccc(OCC)c(OCC)c1. The number of benzene rings is 1. The van der Waals surface area contributed by atoms with E-state index < -0.39 is 24.5 Å². The number of allylic oxidation sites excluding steroid dienone is 1. The number of urea groups is 1. The molecule has 25 heavy (non-hydrogen) atoms. The van der Waals surface area contributed by atoms with Gasteiger partial charge in [-0.25, -0.2) is 9.59 Å². The highest BCUT2D eigenvalue weighted by Gasteiger charge is 2.12. The molecule has 1 rings (SSSR count). The van der Waals surface area contributed by atoms with Gasteiger partial charge >= 0.3 is 12.0 Å². The molecule has 0 aliphatic heterocycles. The quantitative estimate of drug-likeness (QED) is 0.551. The van der Waals surface area contributed by atoms with Gasteiger partial charge in [0.25, 0.3) is 5.91 Å². The summed E-state index contributed by atoms with van der Waals surface area (Å²) >= 11 is 0. The van der Waals surface area contributed by atoms with E-state index in [9.17, 15) is 14.4 Å². The zero-order chi connectivity index (χ0) is 18.7. The topological polar surface area (TPSA) is 103 Å². The van der Waals surface area contributed by atoms with Crippen LogP contribution in [0.1, 0.15) is 20.8 Å². The molecule has 0 atom stereocenters. The van der Waals surface area contributed by atoms with Crippen LogP contribution in [0.5, 0.6) is 11.5 Å². The van der Waals surface area contributed by atoms with E-state index in [1.54, 1.807) is 25.1 Å². The molecule has 0 aliphatic rings. The monoisotopic (exact) mass is 350 g/mol. The van der Waals surface area contributed by atoms with Gasteiger partial charge in [-0.2, -0.15) is 0 Å². The standard InChI is InChI=1S/C17H22N2O6/c1-4-7-16(21)25-11-15(20)19-17(22)18-12-8-9-13(23-5-2)14(10-12)24-6-3/h4,7-10H,5-6,11H2,1-3H3,(H2,18,19,20,22)/b7-4+. The van der Waals surface area contributed by atoms with Crippen molar-refractivity contribution >= 4 is 23.6 Å². The van der Waals surface area contributed by atoms with Crippen molar-refractivity contribution < 1.29 is 28.6 Å². The summed E-state index contributed by atoms with van der Waals surface area (Å²) in [5.74, 6) is -0.367. The van der Waals surface area contributed by atoms with Crippen molar-refractivity contribution in [3.63, 3.8) is 0 Å². The Morgan fingerprint density at radius 3 is 2.40 bits per heavy atom. The maximum atomic E-state index is 11.8. The van der Waals surface area contributed by atoms with Gasteiger partial charge in [0.1, 0.15) is 0 Å². The van der Waals surface area contributed by atoms with Crippen LogP contribution in [0.2, 0.25) is 0 Å². The summed E-state index contributed by atoms with van der Waals surface area (Å²) < 4.78 is 15.5. The van der Waals surface area contributed by atoms with Gasteiger partial charge in [0.05, 0.1) is 13.2 Å². The third kappa shape index (κ3) is 7.38. The molecule has 3 amide bonds. The van der Waals surface area contributed by atoms with Crippen LogP contribution < -0.4 is 20.1 Å². The van der Waals surface area contributed by atoms with Gasteiger partial charge in [-0.05, 0) is 32.9 Å². The van der Waals surface area contributed by atoms with Crippen molar-refractivity contribution in [3.05, 3.63) is 30.4 Å². The van der Waals surface area contributed by atoms with Crippen molar-refractivity contribution in [1.29, 1.82) is 0 Å². The molecule has 1 aromatic carbocycles. The highest BCUT2D eigenvalue weighted by atomic mass is 16.5. The minimum atomic E-state index is -0.751. The summed E-state index contributed by atoms with van der Waals surface area (Å²) in [4.78, 5) is 34.4. The predicted molar refractivity (Wildman–Crippen MR) is 91.7 cm³/mol. The second-order valence-corrected chi connectivity index (χ2v) is 4.64. The van der Waals surface area contributed by atoms with Crippen LogP contribution in [0.15, 0.2) is 30.4 Å². The molecule has 136 valence electrons. The molecule has 0 bridgehead atoms. The first-order valence-electron chi connectivity index (χ1n) is 7.80. The number of imide groups is 1. The second-order valence-electron chi connectivity index (χ2n) is 4.64. The molecule has 0 saturated carbocycles. The number of nitrogens with one attached hydrogen (secondary N) is 2. The lowest BCUT2D eigenvalue weighted by Gasteiger charge is -2.13. The van der Waals surface area contributed by atoms with Gasteiger partial charge in [-0.3, -0.25) is 10.1 Å². The normalized spacial score (nSPS) is 10.2. The average molecular weight is 350 g/mol. The van der Waals surface area contributed by atoms with E-state index in [-0.39, 0.29) is 0 Å². The highest BCUT2D eigenvalue weighted by Crippen LogP contribution is 2.30. The largest absolute Gasteiger partial charge is 0.490 e. The van der Waals surface area contributed by atoms with Gasteiger partial charge in [0.2, 0.25) is 0 Å². The molecule has 2 N–H and O–H groups in total. The van der Waals surface area contributed by atoms with Crippen molar-refractivity contribution in [2.45, 2.75) is 20.8 Å². The Kier molecular flexibility index (Phi) is 8.56. The number of ether oxygens (including phenoxy) is 3. The van der Waals surface area contributed by atoms with Crippen LogP contribution in [-0.4, -0.2) is 37.7 Å². The maximum Gasteiger partial charge on any atom is 0.330 e. The van der Waals surface area contributed by atoms with Crippen LogP contribution in [0.4, 0.5) is 10.5 Å². The van der Waals surface area contributed by atoms with Gasteiger partial charge in [0.15, 0.2) is 18.1 Å². The Morgan fingerprint density at radius 2 is 1.76 bits per heavy atom. The average Bonchev–Trinajstić information content (AvgIpc) is 2.56. The predicted octanol–water partition coefficient (Wildman–Crippen LogP) is 2.25. The fraction of sp³-hybridized carbons (Fsp3) is 0.353. The summed E-state index contributed by atoms with van der Waals surface area (Å²) in [6, 6.07) is 4.11. The van der Waals surface area contributed by atoms with E-state index in [1.807, 2.05) is 13.8 Å². The van der Waals surface area contributed by atoms with E-state index >= 15 is 0 Å². The number of carbonyl (C=O) groups is 3. The third-order valence-corrected chi connectivity index (χ3v) is 2.70. The summed E-state index contributed by atoms with van der Waals surface area (Å²) in [5.41, 5.74) is 0.420. The third-order valence-electron chi connectivity index (χ3n) is 2.70. The number of hydrogen-bond donors (Lipinski definition) is 2. The number of anilines is 1. The molecule has 0 heterocycles. The van der Waals surface area contributed by atoms with E-state index in [4.69, 9.17) is 9.47 Å². The lowest BCUT2D eigenvalue weighted by Crippen LogP contribution is -2.37. The van der Waals surface area contributed by atoms with Crippen LogP contribution in [0.3, 0.4) is 0 Å². The van der Waals surface area contributed by atoms with Crippen LogP contribution in [0, 0.1) is 0 Å². The first-order valence-corrected chi connectivity index (χ1v) is 7.80. The van der Waals surface area contributed by atoms with Crippen LogP contribution in [0.25, 0.3) is 0 Å². The Labute approximate surface area is 146 Å². The second kappa shape index (κ2) is 10.7. The number of carbonyl (C=O) groups excluding carboxylic acids is 3. The molecule has 0 saturated heterocycles. The molecule has 0 fully saturated rings. The zero-order valence-electron chi connectivity index (χ0n) is 14.5. The minimum Gasteiger partial charge on any atom is -0.490 e. The van der Waals surface area contributed by atoms with Crippen LogP contribution >= 0.6 is 0 Å². The van der Waals surface area contributed by atoms with Gasteiger partial charge in [0, 0.05) is 17.8 Å². The molecule has 0 spiro atoms. The first kappa shape index (κ1) is 20.0. The van der Waals surface area contributed by atoms with Crippen molar-refractivity contribution in [2.24, 2.45) is 0 Å². The molecular formula is C17H22N2O6. The van der Waals surface area contributed by atoms with E-state index in [2.05, 4.69) is 15.4 Å². The van der Waals surface area contributed by atoms with Gasteiger partial charge in [-0.15, -0.1) is 0 Å². The molecule has 1 aromatic rings. The number of hydrogen-bond acceptors (Lipinski definition) is 6. The molecule has 0 aliphatic carbocycles. The lowest BCUT2D eigenvalue weighted by molar-refractivity contribution is -0.143. The maximum absolute atomic E-state index is 11.8. The molecular weight excluding hydrogens is 328 g/mol. The minimum absolute atomic E-state index is 0.420. The van der Waals surface area contributed by atoms with Crippen molar-refractivity contribution in [3.8, 4) is 11.5 Å². The lowest BCUT2D eigenvalue weighted by atomic mass is 10.2. The Bertz CT molecular complexity index is 642. The highest BCUT2D eigenvalue weighted by molar-refractivity contribution is 6.02. The summed E-state index contributed by atoms with van der Waals surface area (Å²) in [5, 5.41) is 4.55. The van der Waals surface area contributed by atoms with E-state index in [0.29, 0.717) is 30.4 Å². The Balaban J connectivity index is 2.59. The van der Waals surface area contributed by atoms with Crippen molar-refractivity contribution in [1.82, 2.24) is 5.32 Å². The Morgan fingerprint density at radius 1 is 1.08 bits per heavy atom. The Hall–Kier alpha value is -3.03. The number of amides is 3. The van der Waals surface area contributed by atoms with E-state index in [0.717, 1.165) is 0 Å². The fourth-order valence-electron chi connectivity index (χ4n) is 1.77. The summed E-state index contributed by atoms with van der Waals surface area (Å²) in [7, 11) is 0. The summed E-state index contributed by atoms with van der Waals surface area (Å²) in [6.07, 6.45) is 2.65. The van der Waals surface area contributed by atoms with E-state index in [1.165, 1.54) is 12.2 Å². The molecule has 8 nitrogen and oxygen atoms in total. The van der Waals surface area contributed by atoms with Crippen LogP contribution in [-0.2, 0) is 14.3 Å². The number of rotatable bonds is 8. The number of esters is 1. The van der Waals surface area contributed by atoms with Crippen molar-refractivity contribution in [2.75, 3.05) is 25.1 Å². The zero-order valence-corrected chi connectivity index (χ0v) is 14.5. The first-order chi connectivity index (χ1) is 12.0. The van der Waals surface area contributed by atoms with Gasteiger partial charge < -0.3 is 19.5 Å². The fourth-order valence-corrected chi connectivity index (χ4v) is 1.77. The molecule has 8 heteroatoms. The smallest absolute Gasteiger partial charge is 0.330 e. The molecule has 0 radical (unpaired) electrons. The molecule has 0 unspecified atom stereocenters. The van der Waals surface area contributed by atoms with Gasteiger partial charge in [-0.1, -0.05) is 6.08 Å².